The van der Waals surface area contributed by atoms with Crippen molar-refractivity contribution in [1.82, 2.24) is 9.88 Å². The lowest BCUT2D eigenvalue weighted by atomic mass is 10.2. The molecule has 2 aromatic rings. The van der Waals surface area contributed by atoms with Gasteiger partial charge >= 0.3 is 6.18 Å². The summed E-state index contributed by atoms with van der Waals surface area (Å²) in [6, 6.07) is 7.27. The molecule has 1 aromatic carbocycles. The molecule has 30 heavy (non-hydrogen) atoms. The van der Waals surface area contributed by atoms with Crippen molar-refractivity contribution < 1.29 is 27.4 Å². The smallest absolute Gasteiger partial charge is 0.417 e. The zero-order chi connectivity index (χ0) is 21.6. The maximum absolute atomic E-state index is 12.5. The van der Waals surface area contributed by atoms with Gasteiger partial charge in [0.1, 0.15) is 11.6 Å². The van der Waals surface area contributed by atoms with Crippen molar-refractivity contribution >= 4 is 33.9 Å². The van der Waals surface area contributed by atoms with E-state index < -0.39 is 11.7 Å². The van der Waals surface area contributed by atoms with Crippen LogP contribution in [0, 0.1) is 0 Å². The molecule has 7 nitrogen and oxygen atoms in total. The molecule has 1 aliphatic heterocycles. The van der Waals surface area contributed by atoms with Crippen molar-refractivity contribution in [1.29, 1.82) is 0 Å². The van der Waals surface area contributed by atoms with E-state index in [1.807, 2.05) is 0 Å². The highest BCUT2D eigenvalue weighted by Gasteiger charge is 2.30. The fourth-order valence-electron chi connectivity index (χ4n) is 2.56. The van der Waals surface area contributed by atoms with Crippen LogP contribution in [0.5, 0.6) is 5.75 Å². The zero-order valence-electron chi connectivity index (χ0n) is 15.7. The minimum Gasteiger partial charge on any atom is -0.483 e. The molecule has 0 saturated carbocycles. The van der Waals surface area contributed by atoms with Gasteiger partial charge in [-0.1, -0.05) is 0 Å². The lowest BCUT2D eigenvalue weighted by molar-refractivity contribution is -0.138. The lowest BCUT2D eigenvalue weighted by Crippen LogP contribution is -2.43. The van der Waals surface area contributed by atoms with E-state index in [-0.39, 0.29) is 18.3 Å². The largest absolute Gasteiger partial charge is 0.483 e. The molecule has 0 radical (unpaired) electrons. The first-order valence-electron chi connectivity index (χ1n) is 8.93. The van der Waals surface area contributed by atoms with E-state index in [1.165, 1.54) is 12.3 Å². The van der Waals surface area contributed by atoms with E-state index in [0.29, 0.717) is 42.1 Å². The van der Waals surface area contributed by atoms with Gasteiger partial charge in [-0.25, -0.2) is 4.98 Å². The summed E-state index contributed by atoms with van der Waals surface area (Å²) in [6.07, 6.45) is -2.22. The molecule has 1 aromatic heterocycles. The van der Waals surface area contributed by atoms with Crippen molar-refractivity contribution in [2.75, 3.05) is 38.3 Å². The molecule has 1 aliphatic rings. The molecule has 160 valence electrons. The summed E-state index contributed by atoms with van der Waals surface area (Å²) >= 11 is 3.39. The van der Waals surface area contributed by atoms with Crippen LogP contribution in [0.3, 0.4) is 0 Å². The molecule has 1 saturated heterocycles. The van der Waals surface area contributed by atoms with E-state index >= 15 is 0 Å². The van der Waals surface area contributed by atoms with Crippen molar-refractivity contribution in [2.45, 2.75) is 6.18 Å². The van der Waals surface area contributed by atoms with Crippen LogP contribution in [-0.2, 0) is 15.7 Å². The number of halogens is 4. The van der Waals surface area contributed by atoms with Gasteiger partial charge in [0.15, 0.2) is 6.61 Å². The van der Waals surface area contributed by atoms with Gasteiger partial charge in [-0.2, -0.15) is 18.3 Å². The summed E-state index contributed by atoms with van der Waals surface area (Å²) in [5.74, 6) is 0.579. The van der Waals surface area contributed by atoms with Gasteiger partial charge in [0.2, 0.25) is 0 Å². The van der Waals surface area contributed by atoms with Gasteiger partial charge in [-0.3, -0.25) is 10.2 Å². The van der Waals surface area contributed by atoms with Crippen LogP contribution in [-0.4, -0.2) is 54.9 Å². The Morgan fingerprint density at radius 3 is 2.70 bits per heavy atom. The van der Waals surface area contributed by atoms with Gasteiger partial charge < -0.3 is 14.4 Å². The summed E-state index contributed by atoms with van der Waals surface area (Å²) in [5.41, 5.74) is 2.44. The van der Waals surface area contributed by atoms with Gasteiger partial charge in [-0.05, 0) is 51.8 Å². The fraction of sp³-hybridized carbons (Fsp3) is 0.316. The molecule has 0 spiro atoms. The number of alkyl halides is 3. The van der Waals surface area contributed by atoms with Gasteiger partial charge in [0, 0.05) is 19.3 Å². The Balaban J connectivity index is 1.52. The average molecular weight is 487 g/mol. The van der Waals surface area contributed by atoms with Gasteiger partial charge in [0.05, 0.1) is 29.5 Å². The Labute approximate surface area is 179 Å². The second-order valence-corrected chi connectivity index (χ2v) is 7.13. The predicted octanol–water partition coefficient (Wildman–Crippen LogP) is 3.55. The number of nitrogens with one attached hydrogen (secondary N) is 1. The van der Waals surface area contributed by atoms with Crippen LogP contribution in [0.25, 0.3) is 0 Å². The Kier molecular flexibility index (Phi) is 7.27. The topological polar surface area (TPSA) is 76.0 Å². The number of hydrazone groups is 1. The van der Waals surface area contributed by atoms with Crippen LogP contribution in [0.15, 0.2) is 46.1 Å². The highest BCUT2D eigenvalue weighted by atomic mass is 79.9. The number of pyridine rings is 1. The average Bonchev–Trinajstić information content (AvgIpc) is 2.73. The Hall–Kier alpha value is -2.66. The Bertz CT molecular complexity index is 901. The zero-order valence-corrected chi connectivity index (χ0v) is 17.2. The number of benzene rings is 1. The van der Waals surface area contributed by atoms with E-state index in [4.69, 9.17) is 9.47 Å². The third kappa shape index (κ3) is 6.17. The van der Waals surface area contributed by atoms with E-state index in [9.17, 15) is 18.0 Å². The summed E-state index contributed by atoms with van der Waals surface area (Å²) in [6.45, 7) is 2.09. The number of anilines is 1. The molecular formula is C19H18BrF3N4O3. The third-order valence-corrected chi connectivity index (χ3v) is 4.77. The Morgan fingerprint density at radius 2 is 2.07 bits per heavy atom. The summed E-state index contributed by atoms with van der Waals surface area (Å²) in [7, 11) is 0. The monoisotopic (exact) mass is 486 g/mol. The minimum atomic E-state index is -4.43. The number of hydrogen-bond acceptors (Lipinski definition) is 6. The van der Waals surface area contributed by atoms with Crippen LogP contribution in [0.4, 0.5) is 19.0 Å². The summed E-state index contributed by atoms with van der Waals surface area (Å²) < 4.78 is 49.0. The van der Waals surface area contributed by atoms with Gasteiger partial charge in [-0.15, -0.1) is 0 Å². The molecular weight excluding hydrogens is 469 g/mol. The number of hydrogen-bond donors (Lipinski definition) is 1. The maximum Gasteiger partial charge on any atom is 0.417 e. The highest BCUT2D eigenvalue weighted by molar-refractivity contribution is 9.10. The fourth-order valence-corrected chi connectivity index (χ4v) is 3.07. The highest BCUT2D eigenvalue weighted by Crippen LogP contribution is 2.29. The molecule has 1 amide bonds. The molecule has 0 unspecified atom stereocenters. The van der Waals surface area contributed by atoms with E-state index in [1.54, 1.807) is 23.1 Å². The number of carbonyl (C=O) groups excluding carboxylic acids is 1. The molecule has 0 atom stereocenters. The molecule has 0 bridgehead atoms. The third-order valence-electron chi connectivity index (χ3n) is 4.15. The quantitative estimate of drug-likeness (QED) is 0.499. The number of ether oxygens (including phenoxy) is 2. The maximum atomic E-state index is 12.5. The number of aromatic nitrogens is 1. The van der Waals surface area contributed by atoms with Crippen LogP contribution >= 0.6 is 15.9 Å². The van der Waals surface area contributed by atoms with Crippen molar-refractivity contribution in [3.05, 3.63) is 52.1 Å². The second kappa shape index (κ2) is 9.90. The number of nitrogens with zero attached hydrogens (tertiary/aromatic N) is 3. The molecule has 1 fully saturated rings. The number of carbonyl (C=O) groups is 1. The number of morpholine rings is 1. The molecule has 1 N–H and O–H groups in total. The molecule has 0 aliphatic carbocycles. The minimum absolute atomic E-state index is 0.0762. The SMILES string of the molecule is O=C(COc1ccc(C=NNc2ccc(C(F)(F)F)cn2)cc1Br)N1CCOCC1. The standard InChI is InChI=1S/C19H18BrF3N4O3/c20-15-9-13(10-25-26-17-4-2-14(11-24-17)19(21,22)23)1-3-16(15)30-12-18(28)27-5-7-29-8-6-27/h1-4,9-11H,5-8,12H2,(H,24,26). The molecule has 11 heteroatoms. The first-order valence-corrected chi connectivity index (χ1v) is 9.72. The van der Waals surface area contributed by atoms with Crippen LogP contribution in [0.2, 0.25) is 0 Å². The van der Waals surface area contributed by atoms with Crippen molar-refractivity contribution in [2.24, 2.45) is 5.10 Å². The number of amides is 1. The van der Waals surface area contributed by atoms with Crippen LogP contribution < -0.4 is 10.2 Å². The van der Waals surface area contributed by atoms with Crippen molar-refractivity contribution in [3.8, 4) is 5.75 Å². The molecule has 3 rings (SSSR count). The summed E-state index contributed by atoms with van der Waals surface area (Å²) in [4.78, 5) is 17.5. The Morgan fingerprint density at radius 1 is 1.30 bits per heavy atom. The predicted molar refractivity (Wildman–Crippen MR) is 107 cm³/mol. The normalized spacial score (nSPS) is 14.7. The molecule has 2 heterocycles. The van der Waals surface area contributed by atoms with E-state index in [2.05, 4.69) is 31.4 Å². The first-order chi connectivity index (χ1) is 14.3. The summed E-state index contributed by atoms with van der Waals surface area (Å²) in [5, 5.41) is 3.96. The van der Waals surface area contributed by atoms with E-state index in [0.717, 1.165) is 12.3 Å². The van der Waals surface area contributed by atoms with Gasteiger partial charge in [0.25, 0.3) is 5.91 Å². The lowest BCUT2D eigenvalue weighted by Gasteiger charge is -2.26. The van der Waals surface area contributed by atoms with Crippen molar-refractivity contribution in [3.63, 3.8) is 0 Å². The van der Waals surface area contributed by atoms with Crippen LogP contribution in [0.1, 0.15) is 11.1 Å². The number of rotatable bonds is 6. The first kappa shape index (κ1) is 22.0. The second-order valence-electron chi connectivity index (χ2n) is 6.27.